The molecule has 2 aliphatic heterocycles. The quantitative estimate of drug-likeness (QED) is 0.0229. The van der Waals surface area contributed by atoms with Crippen LogP contribution in [-0.4, -0.2) is 82.2 Å². The van der Waals surface area contributed by atoms with Gasteiger partial charge in [0.15, 0.2) is 5.78 Å². The van der Waals surface area contributed by atoms with Gasteiger partial charge in [0.25, 0.3) is 0 Å². The first-order valence-corrected chi connectivity index (χ1v) is 21.5. The maximum absolute atomic E-state index is 13.3. The molecule has 2 aromatic carbocycles. The largest absolute Gasteiger partial charge is 0.423 e. The summed E-state index contributed by atoms with van der Waals surface area (Å²) in [5.74, 6) is -0.123. The highest BCUT2D eigenvalue weighted by Crippen LogP contribution is 2.54. The molecule has 0 aliphatic carbocycles. The minimum atomic E-state index is -4.44. The van der Waals surface area contributed by atoms with Crippen LogP contribution in [0.25, 0.3) is 0 Å². The number of para-hydroxylation sites is 1. The standard InChI is InChI=1S/C32H44N7O7PS3/c33-30(34)21-10-12-22(13-11-21)31(47(44,45)46-23-6-2-1-3-7-23)38-28(42)15-19-50-49-18-14-27(41)36-17-16-35-26(40)9-5-4-8-25-29-24(20-48-25)37-32(43)39-29/h1-3,6-7,10-13,24-25,29,31H,4-5,8-9,14-20H2,(H3,33,34)(H,35,40)(H,36,41)(H,38,42)(H,44,45)(H2,37,39,43)/t24-,25-,29-,31?/m0/s1. The van der Waals surface area contributed by atoms with Gasteiger partial charge in [-0.05, 0) is 30.5 Å². The van der Waals surface area contributed by atoms with Crippen molar-refractivity contribution in [3.05, 3.63) is 65.7 Å². The number of carbonyl (C=O) groups is 4. The number of fused-ring (bicyclic) bond motifs is 1. The SMILES string of the molecule is N=C(N)c1ccc(C(NC(=O)CCSSCCC(=O)NCCNC(=O)CCCC[C@@H]2SC[C@@H]3NC(=O)N[C@@H]32)P(=O)(O)Oc2ccccc2)cc1. The van der Waals surface area contributed by atoms with Gasteiger partial charge in [0.1, 0.15) is 11.6 Å². The second kappa shape index (κ2) is 19.9. The molecule has 5 amide bonds. The molecule has 272 valence electrons. The fourth-order valence-electron chi connectivity index (χ4n) is 5.35. The Kier molecular flexibility index (Phi) is 15.7. The summed E-state index contributed by atoms with van der Waals surface area (Å²) in [5.41, 5.74) is 6.28. The van der Waals surface area contributed by atoms with E-state index in [1.54, 1.807) is 30.3 Å². The van der Waals surface area contributed by atoms with Crippen LogP contribution in [-0.2, 0) is 18.9 Å². The number of nitrogen functional groups attached to an aromatic ring is 1. The highest BCUT2D eigenvalue weighted by atomic mass is 33.1. The third kappa shape index (κ3) is 12.7. The number of nitrogens with one attached hydrogen (secondary N) is 6. The minimum absolute atomic E-state index is 0.0502. The van der Waals surface area contributed by atoms with E-state index in [9.17, 15) is 28.6 Å². The zero-order chi connectivity index (χ0) is 35.9. The lowest BCUT2D eigenvalue weighted by atomic mass is 10.0. The molecule has 18 heteroatoms. The van der Waals surface area contributed by atoms with Gasteiger partial charge in [-0.2, -0.15) is 11.8 Å². The summed E-state index contributed by atoms with van der Waals surface area (Å²) in [6.45, 7) is 0.679. The molecule has 2 saturated heterocycles. The second-order valence-corrected chi connectivity index (χ2v) is 17.5. The van der Waals surface area contributed by atoms with Crippen LogP contribution in [0.3, 0.4) is 0 Å². The highest BCUT2D eigenvalue weighted by Gasteiger charge is 2.42. The van der Waals surface area contributed by atoms with Gasteiger partial charge in [-0.1, -0.05) is 70.5 Å². The van der Waals surface area contributed by atoms with Crippen molar-refractivity contribution >= 4 is 70.5 Å². The molecule has 2 fully saturated rings. The van der Waals surface area contributed by atoms with Gasteiger partial charge in [-0.3, -0.25) is 19.8 Å². The van der Waals surface area contributed by atoms with Crippen molar-refractivity contribution in [1.82, 2.24) is 26.6 Å². The van der Waals surface area contributed by atoms with Crippen molar-refractivity contribution in [3.63, 3.8) is 0 Å². The molecule has 0 saturated carbocycles. The van der Waals surface area contributed by atoms with Crippen molar-refractivity contribution in [2.24, 2.45) is 5.73 Å². The Labute approximate surface area is 303 Å². The number of benzene rings is 2. The molecular weight excluding hydrogens is 722 g/mol. The average Bonchev–Trinajstić information content (AvgIpc) is 3.64. The van der Waals surface area contributed by atoms with Crippen LogP contribution in [0.5, 0.6) is 5.75 Å². The number of unbranched alkanes of at least 4 members (excludes halogenated alkanes) is 1. The summed E-state index contributed by atoms with van der Waals surface area (Å²) in [6.07, 6.45) is 3.40. The fraction of sp³-hybridized carbons (Fsp3) is 0.469. The van der Waals surface area contributed by atoms with E-state index in [1.165, 1.54) is 45.9 Å². The molecule has 2 unspecified atom stereocenters. The number of amidine groups is 1. The van der Waals surface area contributed by atoms with E-state index in [0.717, 1.165) is 25.0 Å². The van der Waals surface area contributed by atoms with Gasteiger partial charge >= 0.3 is 13.6 Å². The van der Waals surface area contributed by atoms with Crippen LogP contribution in [0.15, 0.2) is 54.6 Å². The summed E-state index contributed by atoms with van der Waals surface area (Å²) in [4.78, 5) is 59.5. The lowest BCUT2D eigenvalue weighted by molar-refractivity contribution is -0.122. The fourth-order valence-corrected chi connectivity index (χ4v) is 10.3. The molecule has 9 N–H and O–H groups in total. The monoisotopic (exact) mass is 765 g/mol. The first-order valence-electron chi connectivity index (χ1n) is 16.3. The first-order chi connectivity index (χ1) is 24.0. The Morgan fingerprint density at radius 2 is 1.60 bits per heavy atom. The number of rotatable bonds is 21. The third-order valence-electron chi connectivity index (χ3n) is 7.90. The third-order valence-corrected chi connectivity index (χ3v) is 13.4. The van der Waals surface area contributed by atoms with E-state index >= 15 is 0 Å². The molecular formula is C32H44N7O7PS3. The molecule has 0 radical (unpaired) electrons. The van der Waals surface area contributed by atoms with Crippen LogP contribution in [0, 0.1) is 5.41 Å². The summed E-state index contributed by atoms with van der Waals surface area (Å²) in [6, 6.07) is 14.5. The molecule has 14 nitrogen and oxygen atoms in total. The summed E-state index contributed by atoms with van der Waals surface area (Å²) in [5, 5.41) is 22.1. The first kappa shape index (κ1) is 39.4. The molecule has 50 heavy (non-hydrogen) atoms. The summed E-state index contributed by atoms with van der Waals surface area (Å²) in [7, 11) is -1.59. The number of hydrogen-bond donors (Lipinski definition) is 8. The Balaban J connectivity index is 1.06. The molecule has 2 heterocycles. The highest BCUT2D eigenvalue weighted by molar-refractivity contribution is 8.76. The Bertz CT molecular complexity index is 1520. The predicted octanol–water partition coefficient (Wildman–Crippen LogP) is 3.47. The average molecular weight is 766 g/mol. The van der Waals surface area contributed by atoms with Crippen molar-refractivity contribution < 1.29 is 33.2 Å². The van der Waals surface area contributed by atoms with Crippen LogP contribution >= 0.6 is 40.9 Å². The molecule has 2 aliphatic rings. The van der Waals surface area contributed by atoms with Crippen LogP contribution in [0.1, 0.15) is 55.4 Å². The number of amides is 5. The van der Waals surface area contributed by atoms with Crippen molar-refractivity contribution in [2.75, 3.05) is 30.3 Å². The van der Waals surface area contributed by atoms with Crippen molar-refractivity contribution in [1.29, 1.82) is 5.41 Å². The van der Waals surface area contributed by atoms with E-state index in [0.29, 0.717) is 47.4 Å². The number of nitrogens with two attached hydrogens (primary N) is 1. The summed E-state index contributed by atoms with van der Waals surface area (Å²) < 4.78 is 18.8. The van der Waals surface area contributed by atoms with Gasteiger partial charge in [-0.25, -0.2) is 9.36 Å². The predicted molar refractivity (Wildman–Crippen MR) is 199 cm³/mol. The Morgan fingerprint density at radius 1 is 0.960 bits per heavy atom. The molecule has 2 aromatic rings. The summed E-state index contributed by atoms with van der Waals surface area (Å²) >= 11 is 1.86. The molecule has 0 aromatic heterocycles. The number of thioether (sulfide) groups is 1. The Morgan fingerprint density at radius 3 is 2.26 bits per heavy atom. The van der Waals surface area contributed by atoms with E-state index in [4.69, 9.17) is 15.7 Å². The number of urea groups is 1. The Hall–Kier alpha value is -3.37. The van der Waals surface area contributed by atoms with Gasteiger partial charge < -0.3 is 41.7 Å². The van der Waals surface area contributed by atoms with Crippen LogP contribution in [0.4, 0.5) is 4.79 Å². The van der Waals surface area contributed by atoms with Gasteiger partial charge in [-0.15, -0.1) is 0 Å². The van der Waals surface area contributed by atoms with Gasteiger partial charge in [0.2, 0.25) is 17.7 Å². The zero-order valence-electron chi connectivity index (χ0n) is 27.4. The van der Waals surface area contributed by atoms with Crippen molar-refractivity contribution in [2.45, 2.75) is 61.6 Å². The maximum atomic E-state index is 13.3. The zero-order valence-corrected chi connectivity index (χ0v) is 30.8. The minimum Gasteiger partial charge on any atom is -0.423 e. The molecule has 0 bridgehead atoms. The van der Waals surface area contributed by atoms with Gasteiger partial charge in [0.05, 0.1) is 12.1 Å². The smallest absolute Gasteiger partial charge is 0.403 e. The lowest BCUT2D eigenvalue weighted by Gasteiger charge is -2.24. The molecule has 4 rings (SSSR count). The van der Waals surface area contributed by atoms with E-state index in [-0.39, 0.29) is 54.4 Å². The van der Waals surface area contributed by atoms with E-state index < -0.39 is 19.3 Å². The van der Waals surface area contributed by atoms with E-state index in [2.05, 4.69) is 26.6 Å². The van der Waals surface area contributed by atoms with Gasteiger partial charge in [0, 0.05) is 60.4 Å². The topological polar surface area (TPSA) is 225 Å². The maximum Gasteiger partial charge on any atom is 0.403 e. The van der Waals surface area contributed by atoms with Crippen LogP contribution in [0.2, 0.25) is 0 Å². The number of carbonyl (C=O) groups excluding carboxylic acids is 4. The van der Waals surface area contributed by atoms with E-state index in [1.807, 2.05) is 11.8 Å². The van der Waals surface area contributed by atoms with Crippen LogP contribution < -0.4 is 36.8 Å². The molecule has 0 spiro atoms. The molecule has 5 atom stereocenters. The normalized spacial score (nSPS) is 19.6. The lowest BCUT2D eigenvalue weighted by Crippen LogP contribution is -2.36. The second-order valence-electron chi connectivity index (χ2n) is 11.7. The number of hydrogen-bond acceptors (Lipinski definition) is 10. The van der Waals surface area contributed by atoms with Crippen molar-refractivity contribution in [3.8, 4) is 5.75 Å².